The molecule has 0 unspecified atom stereocenters. The molecule has 2 N–H and O–H groups in total. The molecule has 2 aromatic rings. The molecule has 1 aromatic carbocycles. The van der Waals surface area contributed by atoms with Gasteiger partial charge in [0.25, 0.3) is 0 Å². The summed E-state index contributed by atoms with van der Waals surface area (Å²) < 4.78 is 4.91. The van der Waals surface area contributed by atoms with Crippen molar-refractivity contribution in [3.63, 3.8) is 0 Å². The first-order valence-electron chi connectivity index (χ1n) is 4.91. The van der Waals surface area contributed by atoms with Gasteiger partial charge in [0.1, 0.15) is 0 Å². The highest BCUT2D eigenvalue weighted by Crippen LogP contribution is 2.17. The normalized spacial score (nSPS) is 10.3. The van der Waals surface area contributed by atoms with Gasteiger partial charge in [-0.15, -0.1) is 0 Å². The van der Waals surface area contributed by atoms with Crippen molar-refractivity contribution in [3.8, 4) is 0 Å². The van der Waals surface area contributed by atoms with E-state index in [9.17, 15) is 4.79 Å². The van der Waals surface area contributed by atoms with Crippen LogP contribution in [0.2, 0.25) is 0 Å². The molecule has 0 aliphatic carbocycles. The zero-order valence-corrected chi connectivity index (χ0v) is 8.80. The second-order valence-corrected chi connectivity index (χ2v) is 3.17. The first-order valence-corrected chi connectivity index (χ1v) is 4.91. The molecule has 16 heavy (non-hydrogen) atoms. The topological polar surface area (TPSA) is 78.1 Å². The van der Waals surface area contributed by atoms with Crippen LogP contribution in [0.1, 0.15) is 17.4 Å². The summed E-state index contributed by atoms with van der Waals surface area (Å²) >= 11 is 0. The second-order valence-electron chi connectivity index (χ2n) is 3.17. The number of carbonyl (C=O) groups excluding carboxylic acids is 1. The minimum Gasteiger partial charge on any atom is -0.461 e. The molecule has 1 aromatic heterocycles. The summed E-state index contributed by atoms with van der Waals surface area (Å²) in [5.41, 5.74) is 6.38. The maximum Gasteiger partial charge on any atom is 0.357 e. The van der Waals surface area contributed by atoms with E-state index in [1.54, 1.807) is 19.1 Å². The first-order chi connectivity index (χ1) is 7.72. The van der Waals surface area contributed by atoms with E-state index in [0.717, 1.165) is 0 Å². The van der Waals surface area contributed by atoms with Crippen LogP contribution < -0.4 is 5.73 Å². The van der Waals surface area contributed by atoms with Crippen LogP contribution in [0.4, 0.5) is 5.95 Å². The molecule has 5 heteroatoms. The number of nitrogens with zero attached hydrogens (tertiary/aromatic N) is 2. The van der Waals surface area contributed by atoms with Crippen LogP contribution in [-0.2, 0) is 4.74 Å². The second kappa shape index (κ2) is 4.14. The van der Waals surface area contributed by atoms with Gasteiger partial charge in [-0.2, -0.15) is 0 Å². The number of fused-ring (bicyclic) bond motifs is 1. The summed E-state index contributed by atoms with van der Waals surface area (Å²) in [4.78, 5) is 19.6. The molecule has 0 spiro atoms. The number of ether oxygens (including phenoxy) is 1. The van der Waals surface area contributed by atoms with E-state index in [2.05, 4.69) is 9.97 Å². The highest BCUT2D eigenvalue weighted by Gasteiger charge is 2.14. The Balaban J connectivity index is 2.63. The van der Waals surface area contributed by atoms with Crippen molar-refractivity contribution in [1.82, 2.24) is 9.97 Å². The Bertz CT molecular complexity index is 540. The quantitative estimate of drug-likeness (QED) is 0.769. The maximum absolute atomic E-state index is 11.6. The van der Waals surface area contributed by atoms with Crippen LogP contribution in [0.15, 0.2) is 24.3 Å². The maximum atomic E-state index is 11.6. The Labute approximate surface area is 92.3 Å². The van der Waals surface area contributed by atoms with Crippen molar-refractivity contribution in [3.05, 3.63) is 30.0 Å². The average Bonchev–Trinajstić information content (AvgIpc) is 2.28. The molecule has 1 heterocycles. The molecule has 82 valence electrons. The van der Waals surface area contributed by atoms with Gasteiger partial charge in [-0.1, -0.05) is 18.2 Å². The summed E-state index contributed by atoms with van der Waals surface area (Å²) in [7, 11) is 0. The number of esters is 1. The molecule has 0 saturated carbocycles. The third-order valence-electron chi connectivity index (χ3n) is 2.09. The van der Waals surface area contributed by atoms with Crippen LogP contribution >= 0.6 is 0 Å². The lowest BCUT2D eigenvalue weighted by atomic mass is 10.2. The number of benzene rings is 1. The SMILES string of the molecule is CCOC(=O)c1nc(N)nc2ccccc12. The van der Waals surface area contributed by atoms with E-state index in [4.69, 9.17) is 10.5 Å². The Morgan fingerprint density at radius 1 is 1.38 bits per heavy atom. The summed E-state index contributed by atoms with van der Waals surface area (Å²) in [6.45, 7) is 2.04. The molecule has 0 bridgehead atoms. The summed E-state index contributed by atoms with van der Waals surface area (Å²) in [6.07, 6.45) is 0. The van der Waals surface area contributed by atoms with Gasteiger partial charge in [0.2, 0.25) is 5.95 Å². The van der Waals surface area contributed by atoms with E-state index < -0.39 is 5.97 Å². The van der Waals surface area contributed by atoms with E-state index in [1.807, 2.05) is 12.1 Å². The Hall–Kier alpha value is -2.17. The summed E-state index contributed by atoms with van der Waals surface area (Å²) in [5.74, 6) is -0.408. The van der Waals surface area contributed by atoms with E-state index >= 15 is 0 Å². The van der Waals surface area contributed by atoms with Gasteiger partial charge in [0, 0.05) is 5.39 Å². The fraction of sp³-hybridized carbons (Fsp3) is 0.182. The van der Waals surface area contributed by atoms with Gasteiger partial charge in [-0.05, 0) is 13.0 Å². The van der Waals surface area contributed by atoms with Crippen molar-refractivity contribution >= 4 is 22.8 Å². The number of hydrogen-bond donors (Lipinski definition) is 1. The molecule has 0 radical (unpaired) electrons. The van der Waals surface area contributed by atoms with Crippen LogP contribution in [-0.4, -0.2) is 22.5 Å². The zero-order chi connectivity index (χ0) is 11.5. The predicted octanol–water partition coefficient (Wildman–Crippen LogP) is 1.39. The molecule has 0 aliphatic rings. The van der Waals surface area contributed by atoms with Gasteiger partial charge >= 0.3 is 5.97 Å². The van der Waals surface area contributed by atoms with Crippen molar-refractivity contribution in [1.29, 1.82) is 0 Å². The van der Waals surface area contributed by atoms with E-state index in [-0.39, 0.29) is 11.6 Å². The highest BCUT2D eigenvalue weighted by atomic mass is 16.5. The van der Waals surface area contributed by atoms with E-state index in [1.165, 1.54) is 0 Å². The molecule has 5 nitrogen and oxygen atoms in total. The smallest absolute Gasteiger partial charge is 0.357 e. The van der Waals surface area contributed by atoms with E-state index in [0.29, 0.717) is 17.5 Å². The Morgan fingerprint density at radius 2 is 2.12 bits per heavy atom. The third kappa shape index (κ3) is 1.79. The minimum absolute atomic E-state index is 0.0711. The third-order valence-corrected chi connectivity index (χ3v) is 2.09. The van der Waals surface area contributed by atoms with Crippen molar-refractivity contribution in [2.24, 2.45) is 0 Å². The predicted molar refractivity (Wildman–Crippen MR) is 59.9 cm³/mol. The monoisotopic (exact) mass is 217 g/mol. The van der Waals surface area contributed by atoms with Crippen molar-refractivity contribution in [2.45, 2.75) is 6.92 Å². The number of nitrogens with two attached hydrogens (primary N) is 1. The molecule has 0 amide bonds. The zero-order valence-electron chi connectivity index (χ0n) is 8.80. The van der Waals surface area contributed by atoms with Crippen molar-refractivity contribution in [2.75, 3.05) is 12.3 Å². The number of para-hydroxylation sites is 1. The number of aromatic nitrogens is 2. The fourth-order valence-electron chi connectivity index (χ4n) is 1.45. The lowest BCUT2D eigenvalue weighted by Gasteiger charge is -2.05. The number of hydrogen-bond acceptors (Lipinski definition) is 5. The van der Waals surface area contributed by atoms with Crippen LogP contribution in [0, 0.1) is 0 Å². The average molecular weight is 217 g/mol. The van der Waals surface area contributed by atoms with Gasteiger partial charge in [0.05, 0.1) is 12.1 Å². The summed E-state index contributed by atoms with van der Waals surface area (Å²) in [6, 6.07) is 7.17. The molecule has 0 saturated heterocycles. The molecule has 0 aliphatic heterocycles. The van der Waals surface area contributed by atoms with Gasteiger partial charge in [0.15, 0.2) is 5.69 Å². The number of nitrogen functional groups attached to an aromatic ring is 1. The van der Waals surface area contributed by atoms with Crippen LogP contribution in [0.3, 0.4) is 0 Å². The number of rotatable bonds is 2. The Kier molecular flexibility index (Phi) is 2.68. The van der Waals surface area contributed by atoms with Crippen LogP contribution in [0.5, 0.6) is 0 Å². The molecule has 2 rings (SSSR count). The summed E-state index contributed by atoms with van der Waals surface area (Å²) in [5, 5.41) is 0.648. The Morgan fingerprint density at radius 3 is 2.88 bits per heavy atom. The molecule has 0 atom stereocenters. The van der Waals surface area contributed by atoms with Gasteiger partial charge < -0.3 is 10.5 Å². The lowest BCUT2D eigenvalue weighted by Crippen LogP contribution is -2.10. The lowest BCUT2D eigenvalue weighted by molar-refractivity contribution is 0.0522. The van der Waals surface area contributed by atoms with Gasteiger partial charge in [-0.25, -0.2) is 14.8 Å². The standard InChI is InChI=1S/C11H11N3O2/c1-2-16-10(15)9-7-5-3-4-6-8(7)13-11(12)14-9/h3-6H,2H2,1H3,(H2,12,13,14). The molecule has 0 fully saturated rings. The van der Waals surface area contributed by atoms with Crippen molar-refractivity contribution < 1.29 is 9.53 Å². The molecular weight excluding hydrogens is 206 g/mol. The molecular formula is C11H11N3O2. The number of anilines is 1. The van der Waals surface area contributed by atoms with Crippen LogP contribution in [0.25, 0.3) is 10.9 Å². The number of carbonyl (C=O) groups is 1. The van der Waals surface area contributed by atoms with Gasteiger partial charge in [-0.3, -0.25) is 0 Å². The highest BCUT2D eigenvalue weighted by molar-refractivity contribution is 6.01. The minimum atomic E-state index is -0.479. The first kappa shape index (κ1) is 10.4. The largest absolute Gasteiger partial charge is 0.461 e. The fourth-order valence-corrected chi connectivity index (χ4v) is 1.45.